The van der Waals surface area contributed by atoms with Crippen LogP contribution in [-0.4, -0.2) is 19.6 Å². The molecule has 0 amide bonds. The van der Waals surface area contributed by atoms with Crippen molar-refractivity contribution in [3.8, 4) is 11.8 Å². The van der Waals surface area contributed by atoms with Gasteiger partial charge in [0.2, 0.25) is 0 Å². The van der Waals surface area contributed by atoms with E-state index in [4.69, 9.17) is 10.00 Å². The summed E-state index contributed by atoms with van der Waals surface area (Å²) in [6.07, 6.45) is 2.92. The van der Waals surface area contributed by atoms with Gasteiger partial charge in [-0.1, -0.05) is 0 Å². The van der Waals surface area contributed by atoms with Crippen LogP contribution in [0.1, 0.15) is 24.3 Å². The van der Waals surface area contributed by atoms with Crippen molar-refractivity contribution in [2.75, 3.05) is 0 Å². The average molecular weight is 265 g/mol. The monoisotopic (exact) mass is 265 g/mol. The summed E-state index contributed by atoms with van der Waals surface area (Å²) < 4.78 is 7.50. The van der Waals surface area contributed by atoms with Crippen LogP contribution in [0.3, 0.4) is 0 Å². The number of hydrogen-bond donors (Lipinski definition) is 0. The molecule has 98 valence electrons. The minimum absolute atomic E-state index is 0.213. The van der Waals surface area contributed by atoms with Gasteiger partial charge in [-0.15, -0.1) is 0 Å². The molecule has 2 heterocycles. The van der Waals surface area contributed by atoms with E-state index in [1.807, 2.05) is 13.0 Å². The standard InChI is InChI=1S/C14H11N5O/c1-10(20-12-4-2-11(8-15)3-5-12)13-6-7-16-14-17-9-18-19(13)14/h2-7,9-10H,1H3/t10-/m1/s1. The predicted molar refractivity (Wildman–Crippen MR) is 71.0 cm³/mol. The maximum absolute atomic E-state index is 8.77. The van der Waals surface area contributed by atoms with Gasteiger partial charge in [-0.25, -0.2) is 4.98 Å². The fourth-order valence-corrected chi connectivity index (χ4v) is 1.94. The van der Waals surface area contributed by atoms with E-state index in [9.17, 15) is 0 Å². The highest BCUT2D eigenvalue weighted by Crippen LogP contribution is 2.21. The summed E-state index contributed by atoms with van der Waals surface area (Å²) in [4.78, 5) is 8.15. The van der Waals surface area contributed by atoms with Gasteiger partial charge in [0.15, 0.2) is 0 Å². The lowest BCUT2D eigenvalue weighted by atomic mass is 10.2. The second kappa shape index (κ2) is 4.97. The van der Waals surface area contributed by atoms with Crippen LogP contribution in [-0.2, 0) is 0 Å². The highest BCUT2D eigenvalue weighted by molar-refractivity contribution is 5.35. The van der Waals surface area contributed by atoms with Crippen molar-refractivity contribution in [1.29, 1.82) is 5.26 Å². The Labute approximate surface area is 115 Å². The third kappa shape index (κ3) is 2.17. The number of aromatic nitrogens is 4. The van der Waals surface area contributed by atoms with E-state index in [0.29, 0.717) is 17.1 Å². The molecular formula is C14H11N5O. The van der Waals surface area contributed by atoms with Gasteiger partial charge in [-0.2, -0.15) is 19.9 Å². The van der Waals surface area contributed by atoms with E-state index in [2.05, 4.69) is 21.1 Å². The molecule has 2 aromatic heterocycles. The van der Waals surface area contributed by atoms with Gasteiger partial charge in [0.25, 0.3) is 5.78 Å². The predicted octanol–water partition coefficient (Wildman–Crippen LogP) is 2.14. The van der Waals surface area contributed by atoms with Crippen LogP contribution < -0.4 is 4.74 Å². The van der Waals surface area contributed by atoms with Gasteiger partial charge in [0.05, 0.1) is 17.3 Å². The van der Waals surface area contributed by atoms with Crippen molar-refractivity contribution in [3.05, 3.63) is 54.1 Å². The molecule has 0 bridgehead atoms. The Hall–Kier alpha value is -2.94. The maximum atomic E-state index is 8.77. The van der Waals surface area contributed by atoms with Gasteiger partial charge < -0.3 is 4.74 Å². The zero-order valence-corrected chi connectivity index (χ0v) is 10.8. The topological polar surface area (TPSA) is 76.1 Å². The first-order valence-electron chi connectivity index (χ1n) is 6.09. The van der Waals surface area contributed by atoms with Crippen molar-refractivity contribution in [1.82, 2.24) is 19.6 Å². The van der Waals surface area contributed by atoms with Crippen LogP contribution in [0.25, 0.3) is 5.78 Å². The number of hydrogen-bond acceptors (Lipinski definition) is 5. The molecule has 0 N–H and O–H groups in total. The lowest BCUT2D eigenvalue weighted by Gasteiger charge is -2.15. The highest BCUT2D eigenvalue weighted by Gasteiger charge is 2.12. The minimum Gasteiger partial charge on any atom is -0.484 e. The first-order chi connectivity index (χ1) is 9.78. The molecule has 1 aromatic carbocycles. The summed E-state index contributed by atoms with van der Waals surface area (Å²) >= 11 is 0. The van der Waals surface area contributed by atoms with Gasteiger partial charge >= 0.3 is 0 Å². The minimum atomic E-state index is -0.213. The van der Waals surface area contributed by atoms with Crippen LogP contribution in [0.5, 0.6) is 5.75 Å². The van der Waals surface area contributed by atoms with E-state index < -0.39 is 0 Å². The summed E-state index contributed by atoms with van der Waals surface area (Å²) in [5, 5.41) is 12.9. The van der Waals surface area contributed by atoms with Gasteiger partial charge in [0.1, 0.15) is 18.2 Å². The van der Waals surface area contributed by atoms with E-state index in [-0.39, 0.29) is 6.10 Å². The second-order valence-electron chi connectivity index (χ2n) is 4.24. The van der Waals surface area contributed by atoms with E-state index >= 15 is 0 Å². The van der Waals surface area contributed by atoms with Crippen LogP contribution in [0, 0.1) is 11.3 Å². The molecule has 0 radical (unpaired) electrons. The Morgan fingerprint density at radius 1 is 1.20 bits per heavy atom. The fourth-order valence-electron chi connectivity index (χ4n) is 1.94. The smallest absolute Gasteiger partial charge is 0.252 e. The summed E-state index contributed by atoms with van der Waals surface area (Å²) in [7, 11) is 0. The molecule has 0 saturated heterocycles. The van der Waals surface area contributed by atoms with Gasteiger partial charge in [-0.05, 0) is 37.3 Å². The molecule has 6 nitrogen and oxygen atoms in total. The van der Waals surface area contributed by atoms with E-state index in [1.54, 1.807) is 35.0 Å². The molecule has 0 fully saturated rings. The molecular weight excluding hydrogens is 254 g/mol. The quantitative estimate of drug-likeness (QED) is 0.725. The number of nitrogens with zero attached hydrogens (tertiary/aromatic N) is 5. The van der Waals surface area contributed by atoms with Crippen LogP contribution in [0.2, 0.25) is 0 Å². The normalized spacial score (nSPS) is 12.0. The summed E-state index contributed by atoms with van der Waals surface area (Å²) in [5.74, 6) is 1.24. The Morgan fingerprint density at radius 2 is 2.00 bits per heavy atom. The average Bonchev–Trinajstić information content (AvgIpc) is 2.96. The summed E-state index contributed by atoms with van der Waals surface area (Å²) in [6, 6.07) is 10.9. The van der Waals surface area contributed by atoms with Crippen LogP contribution in [0.15, 0.2) is 42.9 Å². The zero-order valence-electron chi connectivity index (χ0n) is 10.8. The number of rotatable bonds is 3. The van der Waals surface area contributed by atoms with Crippen molar-refractivity contribution in [3.63, 3.8) is 0 Å². The first kappa shape index (κ1) is 12.1. The molecule has 0 aliphatic heterocycles. The molecule has 0 spiro atoms. The highest BCUT2D eigenvalue weighted by atomic mass is 16.5. The molecule has 0 aliphatic rings. The molecule has 1 atom stereocenters. The van der Waals surface area contributed by atoms with Gasteiger partial charge in [0, 0.05) is 6.20 Å². The Balaban J connectivity index is 1.87. The van der Waals surface area contributed by atoms with Gasteiger partial charge in [-0.3, -0.25) is 0 Å². The number of benzene rings is 1. The fraction of sp³-hybridized carbons (Fsp3) is 0.143. The molecule has 3 aromatic rings. The molecule has 0 unspecified atom stereocenters. The third-order valence-electron chi connectivity index (χ3n) is 2.92. The van der Waals surface area contributed by atoms with Crippen molar-refractivity contribution in [2.24, 2.45) is 0 Å². The molecule has 6 heteroatoms. The van der Waals surface area contributed by atoms with Crippen LogP contribution in [0.4, 0.5) is 0 Å². The first-order valence-corrected chi connectivity index (χ1v) is 6.09. The lowest BCUT2D eigenvalue weighted by Crippen LogP contribution is -2.10. The van der Waals surface area contributed by atoms with Crippen molar-refractivity contribution < 1.29 is 4.74 Å². The Bertz CT molecular complexity index is 772. The van der Waals surface area contributed by atoms with Crippen LogP contribution >= 0.6 is 0 Å². The third-order valence-corrected chi connectivity index (χ3v) is 2.92. The summed E-state index contributed by atoms with van der Waals surface area (Å²) in [5.41, 5.74) is 1.46. The molecule has 0 aliphatic carbocycles. The molecule has 3 rings (SSSR count). The van der Waals surface area contributed by atoms with E-state index in [1.165, 1.54) is 6.33 Å². The molecule has 0 saturated carbocycles. The Kier molecular flexibility index (Phi) is 3.01. The largest absolute Gasteiger partial charge is 0.484 e. The maximum Gasteiger partial charge on any atom is 0.252 e. The number of ether oxygens (including phenoxy) is 1. The molecule has 20 heavy (non-hydrogen) atoms. The summed E-state index contributed by atoms with van der Waals surface area (Å²) in [6.45, 7) is 1.93. The van der Waals surface area contributed by atoms with E-state index in [0.717, 1.165) is 5.69 Å². The number of nitriles is 1. The SMILES string of the molecule is C[C@@H](Oc1ccc(C#N)cc1)c1ccnc2ncnn12. The lowest BCUT2D eigenvalue weighted by molar-refractivity contribution is 0.218. The van der Waals surface area contributed by atoms with Crippen molar-refractivity contribution >= 4 is 5.78 Å². The van der Waals surface area contributed by atoms with Crippen molar-refractivity contribution in [2.45, 2.75) is 13.0 Å². The second-order valence-corrected chi connectivity index (χ2v) is 4.24. The number of fused-ring (bicyclic) bond motifs is 1. The zero-order chi connectivity index (χ0) is 13.9. The Morgan fingerprint density at radius 3 is 2.75 bits per heavy atom.